The van der Waals surface area contributed by atoms with Crippen LogP contribution in [0.15, 0.2) is 140 Å². The summed E-state index contributed by atoms with van der Waals surface area (Å²) in [5, 5.41) is 0. The molecule has 8 rings (SSSR count). The van der Waals surface area contributed by atoms with Crippen LogP contribution in [0.25, 0.3) is 11.1 Å². The van der Waals surface area contributed by atoms with E-state index in [9.17, 15) is 0 Å². The number of aryl methyl sites for hydroxylation is 1. The minimum absolute atomic E-state index is 0.0626. The minimum atomic E-state index is 0.0626. The van der Waals surface area contributed by atoms with Crippen LogP contribution in [0.2, 0.25) is 0 Å². The molecule has 5 heteroatoms. The molecule has 5 aromatic rings. The fourth-order valence-electron chi connectivity index (χ4n) is 6.38. The predicted molar refractivity (Wildman–Crippen MR) is 171 cm³/mol. The number of allylic oxidation sites excluding steroid dienone is 2. The maximum absolute atomic E-state index is 6.51. The molecule has 0 fully saturated rings. The number of para-hydroxylation sites is 4. The maximum Gasteiger partial charge on any atom is 0.260 e. The molecule has 0 radical (unpaired) electrons. The van der Waals surface area contributed by atoms with Crippen molar-refractivity contribution in [2.75, 3.05) is 4.90 Å². The zero-order valence-electron chi connectivity index (χ0n) is 23.1. The highest BCUT2D eigenvalue weighted by molar-refractivity contribution is 6.98. The molecule has 0 N–H and O–H groups in total. The highest BCUT2D eigenvalue weighted by Crippen LogP contribution is 2.45. The quantitative estimate of drug-likeness (QED) is 0.215. The summed E-state index contributed by atoms with van der Waals surface area (Å²) in [6, 6.07) is 35.4. The number of benzene rings is 5. The van der Waals surface area contributed by atoms with Gasteiger partial charge >= 0.3 is 0 Å². The summed E-state index contributed by atoms with van der Waals surface area (Å²) in [6.07, 6.45) is 3.54. The predicted octanol–water partition coefficient (Wildman–Crippen LogP) is 7.50. The second-order valence-electron chi connectivity index (χ2n) is 10.7. The maximum atomic E-state index is 6.51. The van der Waals surface area contributed by atoms with Gasteiger partial charge in [-0.1, -0.05) is 67.8 Å². The van der Waals surface area contributed by atoms with Crippen molar-refractivity contribution in [2.45, 2.75) is 6.92 Å². The molecule has 0 saturated carbocycles. The van der Waals surface area contributed by atoms with Gasteiger partial charge in [0.1, 0.15) is 23.0 Å². The SMILES string of the molecule is C=CC1=C(C=C)N(c2ccc(-c3cc4c5c(c3)Oc3ccccc3B5c3ccccc3O4)cc2C)c2ccccc2O1. The summed E-state index contributed by atoms with van der Waals surface area (Å²) < 4.78 is 19.2. The number of hydrogen-bond donors (Lipinski definition) is 0. The van der Waals surface area contributed by atoms with Crippen molar-refractivity contribution >= 4 is 34.5 Å². The molecule has 0 unspecified atom stereocenters. The highest BCUT2D eigenvalue weighted by atomic mass is 16.5. The standard InChI is InChI=1S/C37H26BNO3/c1-4-28-31(5-2)40-34-17-11-8-14-30(34)39(28)29-19-18-24(20-23(29)3)25-21-35-37-36(22-25)42-33-16-10-7-13-27(33)38(37)26-12-6-9-15-32(26)41-35/h4-22H,1-2H2,3H3. The van der Waals surface area contributed by atoms with E-state index in [0.29, 0.717) is 5.76 Å². The normalized spacial score (nSPS) is 13.9. The first-order valence-corrected chi connectivity index (χ1v) is 14.0. The van der Waals surface area contributed by atoms with Crippen LogP contribution in [-0.4, -0.2) is 6.71 Å². The first-order valence-electron chi connectivity index (χ1n) is 14.0. The molecule has 4 nitrogen and oxygen atoms in total. The Hall–Kier alpha value is -5.42. The average molecular weight is 543 g/mol. The van der Waals surface area contributed by atoms with Crippen LogP contribution in [0.3, 0.4) is 0 Å². The Morgan fingerprint density at radius 1 is 0.595 bits per heavy atom. The lowest BCUT2D eigenvalue weighted by Crippen LogP contribution is -2.57. The molecule has 3 aliphatic heterocycles. The van der Waals surface area contributed by atoms with Crippen LogP contribution in [-0.2, 0) is 0 Å². The average Bonchev–Trinajstić information content (AvgIpc) is 3.03. The van der Waals surface area contributed by atoms with Gasteiger partial charge < -0.3 is 19.1 Å². The number of ether oxygens (including phenoxy) is 3. The van der Waals surface area contributed by atoms with Gasteiger partial charge in [0.15, 0.2) is 11.5 Å². The summed E-state index contributed by atoms with van der Waals surface area (Å²) >= 11 is 0. The topological polar surface area (TPSA) is 30.9 Å². The van der Waals surface area contributed by atoms with E-state index in [4.69, 9.17) is 14.2 Å². The lowest BCUT2D eigenvalue weighted by Gasteiger charge is -2.34. The fourth-order valence-corrected chi connectivity index (χ4v) is 6.38. The summed E-state index contributed by atoms with van der Waals surface area (Å²) in [4.78, 5) is 2.18. The van der Waals surface area contributed by atoms with Crippen LogP contribution in [0.1, 0.15) is 5.56 Å². The molecule has 3 heterocycles. The molecule has 42 heavy (non-hydrogen) atoms. The van der Waals surface area contributed by atoms with Gasteiger partial charge in [0.05, 0.1) is 11.4 Å². The molecule has 200 valence electrons. The van der Waals surface area contributed by atoms with Gasteiger partial charge in [0.2, 0.25) is 0 Å². The smallest absolute Gasteiger partial charge is 0.260 e. The van der Waals surface area contributed by atoms with Crippen molar-refractivity contribution in [3.63, 3.8) is 0 Å². The van der Waals surface area contributed by atoms with Gasteiger partial charge in [0.25, 0.3) is 6.71 Å². The second-order valence-corrected chi connectivity index (χ2v) is 10.7. The van der Waals surface area contributed by atoms with Gasteiger partial charge in [-0.15, -0.1) is 0 Å². The third kappa shape index (κ3) is 3.57. The summed E-state index contributed by atoms with van der Waals surface area (Å²) in [7, 11) is 0. The Labute approximate surface area is 245 Å². The number of hydrogen-bond acceptors (Lipinski definition) is 4. The van der Waals surface area contributed by atoms with E-state index in [0.717, 1.165) is 78.9 Å². The fraction of sp³-hybridized carbons (Fsp3) is 0.0270. The molecule has 0 bridgehead atoms. The van der Waals surface area contributed by atoms with Gasteiger partial charge in [-0.2, -0.15) is 0 Å². The Balaban J connectivity index is 1.25. The lowest BCUT2D eigenvalue weighted by atomic mass is 9.35. The van der Waals surface area contributed by atoms with Crippen LogP contribution in [0, 0.1) is 6.92 Å². The van der Waals surface area contributed by atoms with E-state index in [1.807, 2.05) is 48.5 Å². The Bertz CT molecular complexity index is 1920. The molecule has 5 aromatic carbocycles. The van der Waals surface area contributed by atoms with E-state index in [2.05, 4.69) is 85.6 Å². The van der Waals surface area contributed by atoms with Crippen molar-refractivity contribution in [3.8, 4) is 39.9 Å². The molecule has 0 amide bonds. The van der Waals surface area contributed by atoms with Crippen molar-refractivity contribution in [1.29, 1.82) is 0 Å². The van der Waals surface area contributed by atoms with E-state index in [-0.39, 0.29) is 6.71 Å². The van der Waals surface area contributed by atoms with Gasteiger partial charge in [-0.3, -0.25) is 0 Å². The van der Waals surface area contributed by atoms with Gasteiger partial charge in [-0.25, -0.2) is 0 Å². The van der Waals surface area contributed by atoms with E-state index in [1.54, 1.807) is 6.08 Å². The molecular weight excluding hydrogens is 517 g/mol. The Morgan fingerprint density at radius 2 is 1.21 bits per heavy atom. The highest BCUT2D eigenvalue weighted by Gasteiger charge is 2.40. The lowest BCUT2D eigenvalue weighted by molar-refractivity contribution is 0.431. The van der Waals surface area contributed by atoms with E-state index < -0.39 is 0 Å². The Kier molecular flexibility index (Phi) is 5.41. The number of rotatable bonds is 4. The minimum Gasteiger partial charge on any atom is -0.458 e. The van der Waals surface area contributed by atoms with Crippen molar-refractivity contribution in [3.05, 3.63) is 145 Å². The van der Waals surface area contributed by atoms with E-state index >= 15 is 0 Å². The first kappa shape index (κ1) is 24.4. The molecular formula is C37H26BNO3. The van der Waals surface area contributed by atoms with Crippen molar-refractivity contribution < 1.29 is 14.2 Å². The number of nitrogens with zero attached hydrogens (tertiary/aromatic N) is 1. The van der Waals surface area contributed by atoms with Crippen LogP contribution >= 0.6 is 0 Å². The van der Waals surface area contributed by atoms with Crippen molar-refractivity contribution in [2.24, 2.45) is 0 Å². The Morgan fingerprint density at radius 3 is 1.83 bits per heavy atom. The van der Waals surface area contributed by atoms with E-state index in [1.165, 1.54) is 0 Å². The molecule has 0 spiro atoms. The third-order valence-corrected chi connectivity index (χ3v) is 8.26. The zero-order valence-corrected chi connectivity index (χ0v) is 23.1. The van der Waals surface area contributed by atoms with Crippen LogP contribution in [0.5, 0.6) is 28.7 Å². The number of anilines is 2. The molecule has 0 atom stereocenters. The number of fused-ring (bicyclic) bond motifs is 5. The molecule has 0 aliphatic carbocycles. The third-order valence-electron chi connectivity index (χ3n) is 8.26. The van der Waals surface area contributed by atoms with Crippen molar-refractivity contribution in [1.82, 2.24) is 0 Å². The molecule has 0 aromatic heterocycles. The van der Waals surface area contributed by atoms with Gasteiger partial charge in [0, 0.05) is 11.2 Å². The van der Waals surface area contributed by atoms with Crippen LogP contribution < -0.4 is 35.5 Å². The molecule has 0 saturated heterocycles. The largest absolute Gasteiger partial charge is 0.458 e. The monoisotopic (exact) mass is 543 g/mol. The van der Waals surface area contributed by atoms with Crippen LogP contribution in [0.4, 0.5) is 11.4 Å². The first-order chi connectivity index (χ1) is 20.6. The summed E-state index contributed by atoms with van der Waals surface area (Å²) in [6.45, 7) is 10.2. The van der Waals surface area contributed by atoms with Gasteiger partial charge in [-0.05, 0) is 95.2 Å². The molecule has 3 aliphatic rings. The summed E-state index contributed by atoms with van der Waals surface area (Å²) in [5.41, 5.74) is 9.45. The zero-order chi connectivity index (χ0) is 28.4. The second kappa shape index (κ2) is 9.32. The summed E-state index contributed by atoms with van der Waals surface area (Å²) in [5.74, 6) is 4.88.